The second kappa shape index (κ2) is 6.95. The van der Waals surface area contributed by atoms with E-state index in [4.69, 9.17) is 14.6 Å². The molecule has 0 aromatic carbocycles. The normalized spacial score (nSPS) is 22.5. The zero-order valence-electron chi connectivity index (χ0n) is 10.2. The lowest BCUT2D eigenvalue weighted by molar-refractivity contribution is -0.151. The lowest BCUT2D eigenvalue weighted by Gasteiger charge is -2.11. The molecule has 18 heavy (non-hydrogen) atoms. The minimum Gasteiger partial charge on any atom is -0.479 e. The molecule has 1 rings (SSSR count). The van der Waals surface area contributed by atoms with E-state index in [1.807, 2.05) is 0 Å². The number of aliphatic carboxylic acids is 1. The molecule has 0 aromatic heterocycles. The largest absolute Gasteiger partial charge is 0.479 e. The number of carbonyl (C=O) groups excluding carboxylic acids is 2. The number of carboxylic acids is 1. The van der Waals surface area contributed by atoms with E-state index in [-0.39, 0.29) is 24.8 Å². The van der Waals surface area contributed by atoms with Crippen molar-refractivity contribution in [1.29, 1.82) is 0 Å². The van der Waals surface area contributed by atoms with Crippen LogP contribution in [0.1, 0.15) is 26.2 Å². The Kier molecular flexibility index (Phi) is 5.57. The van der Waals surface area contributed by atoms with E-state index in [1.54, 1.807) is 6.92 Å². The van der Waals surface area contributed by atoms with Crippen LogP contribution in [0.4, 0.5) is 0 Å². The number of hydrogen-bond acceptors (Lipinski definition) is 5. The summed E-state index contributed by atoms with van der Waals surface area (Å²) in [5.41, 5.74) is 0. The van der Waals surface area contributed by atoms with E-state index in [0.717, 1.165) is 0 Å². The quantitative estimate of drug-likeness (QED) is 0.634. The summed E-state index contributed by atoms with van der Waals surface area (Å²) in [6.07, 6.45) is -0.860. The van der Waals surface area contributed by atoms with Gasteiger partial charge in [-0.1, -0.05) is 0 Å². The molecule has 0 bridgehead atoms. The zero-order chi connectivity index (χ0) is 13.5. The molecule has 7 heteroatoms. The van der Waals surface area contributed by atoms with Crippen molar-refractivity contribution >= 4 is 17.8 Å². The number of hydrogen-bond donors (Lipinski definition) is 2. The molecule has 2 N–H and O–H groups in total. The van der Waals surface area contributed by atoms with Crippen LogP contribution < -0.4 is 5.32 Å². The average molecular weight is 259 g/mol. The maximum Gasteiger partial charge on any atom is 0.332 e. The Morgan fingerprint density at radius 2 is 2.00 bits per heavy atom. The average Bonchev–Trinajstić information content (AvgIpc) is 2.78. The van der Waals surface area contributed by atoms with Crippen LogP contribution in [0.3, 0.4) is 0 Å². The fourth-order valence-corrected chi connectivity index (χ4v) is 1.65. The Balaban J connectivity index is 2.22. The Hall–Kier alpha value is -1.63. The molecule has 1 saturated heterocycles. The molecule has 2 atom stereocenters. The van der Waals surface area contributed by atoms with Gasteiger partial charge in [0.05, 0.1) is 13.0 Å². The van der Waals surface area contributed by atoms with Gasteiger partial charge in [0.25, 0.3) is 0 Å². The van der Waals surface area contributed by atoms with Crippen LogP contribution in [0.25, 0.3) is 0 Å². The Labute approximate surface area is 104 Å². The molecule has 0 saturated carbocycles. The van der Waals surface area contributed by atoms with Crippen LogP contribution in [0.5, 0.6) is 0 Å². The third-order valence-electron chi connectivity index (χ3n) is 2.52. The van der Waals surface area contributed by atoms with E-state index < -0.39 is 18.2 Å². The number of esters is 1. The Morgan fingerprint density at radius 3 is 2.56 bits per heavy atom. The second-order valence-electron chi connectivity index (χ2n) is 3.88. The number of carbonyl (C=O) groups is 3. The van der Waals surface area contributed by atoms with Gasteiger partial charge in [0, 0.05) is 6.54 Å². The minimum absolute atomic E-state index is 0.0919. The zero-order valence-corrected chi connectivity index (χ0v) is 10.2. The van der Waals surface area contributed by atoms with Crippen molar-refractivity contribution in [3.05, 3.63) is 0 Å². The molecular formula is C11H17NO6. The topological polar surface area (TPSA) is 102 Å². The molecule has 0 radical (unpaired) electrons. The van der Waals surface area contributed by atoms with Crippen molar-refractivity contribution in [1.82, 2.24) is 5.32 Å². The van der Waals surface area contributed by atoms with Crippen LogP contribution in [0.15, 0.2) is 0 Å². The Bertz CT molecular complexity index is 329. The van der Waals surface area contributed by atoms with Crippen molar-refractivity contribution in [3.63, 3.8) is 0 Å². The molecule has 1 aliphatic rings. The smallest absolute Gasteiger partial charge is 0.332 e. The predicted octanol–water partition coefficient (Wildman–Crippen LogP) is -0.312. The highest BCUT2D eigenvalue weighted by Gasteiger charge is 2.34. The number of ether oxygens (including phenoxy) is 2. The first-order chi connectivity index (χ1) is 8.54. The van der Waals surface area contributed by atoms with Crippen LogP contribution in [0.2, 0.25) is 0 Å². The maximum absolute atomic E-state index is 11.6. The van der Waals surface area contributed by atoms with Crippen LogP contribution in [-0.4, -0.2) is 48.3 Å². The first-order valence-electron chi connectivity index (χ1n) is 5.86. The van der Waals surface area contributed by atoms with E-state index in [1.165, 1.54) is 0 Å². The van der Waals surface area contributed by atoms with E-state index in [0.29, 0.717) is 19.4 Å². The van der Waals surface area contributed by atoms with Gasteiger partial charge in [0.15, 0.2) is 6.10 Å². The fraction of sp³-hybridized carbons (Fsp3) is 0.727. The highest BCUT2D eigenvalue weighted by atomic mass is 16.5. The van der Waals surface area contributed by atoms with Gasteiger partial charge >= 0.3 is 11.9 Å². The number of amides is 1. The highest BCUT2D eigenvalue weighted by molar-refractivity contribution is 5.83. The van der Waals surface area contributed by atoms with Gasteiger partial charge in [0.1, 0.15) is 6.10 Å². The summed E-state index contributed by atoms with van der Waals surface area (Å²) >= 11 is 0. The van der Waals surface area contributed by atoms with Gasteiger partial charge in [-0.05, 0) is 19.8 Å². The third kappa shape index (κ3) is 4.33. The first-order valence-corrected chi connectivity index (χ1v) is 5.86. The number of carboxylic acid groups (broad SMARTS) is 1. The highest BCUT2D eigenvalue weighted by Crippen LogP contribution is 2.19. The molecule has 0 spiro atoms. The van der Waals surface area contributed by atoms with Crippen molar-refractivity contribution < 1.29 is 29.0 Å². The van der Waals surface area contributed by atoms with Crippen molar-refractivity contribution in [2.24, 2.45) is 0 Å². The Morgan fingerprint density at radius 1 is 1.33 bits per heavy atom. The molecule has 102 valence electrons. The van der Waals surface area contributed by atoms with Crippen LogP contribution in [-0.2, 0) is 23.9 Å². The molecule has 1 heterocycles. The SMILES string of the molecule is CCOC(=O)CCNC(=O)[C@@H]1CC[C@H](C(=O)O)O1. The van der Waals surface area contributed by atoms with Gasteiger partial charge in [-0.15, -0.1) is 0 Å². The molecule has 0 unspecified atom stereocenters. The maximum atomic E-state index is 11.6. The van der Waals surface area contributed by atoms with Gasteiger partial charge < -0.3 is 19.9 Å². The van der Waals surface area contributed by atoms with Crippen LogP contribution >= 0.6 is 0 Å². The second-order valence-corrected chi connectivity index (χ2v) is 3.88. The van der Waals surface area contributed by atoms with Gasteiger partial charge in [-0.25, -0.2) is 4.79 Å². The lowest BCUT2D eigenvalue weighted by Crippen LogP contribution is -2.36. The molecular weight excluding hydrogens is 242 g/mol. The lowest BCUT2D eigenvalue weighted by atomic mass is 10.2. The molecule has 0 aromatic rings. The predicted molar refractivity (Wildman–Crippen MR) is 59.8 cm³/mol. The van der Waals surface area contributed by atoms with Crippen LogP contribution in [0, 0.1) is 0 Å². The summed E-state index contributed by atoms with van der Waals surface area (Å²) in [6, 6.07) is 0. The summed E-state index contributed by atoms with van der Waals surface area (Å²) in [7, 11) is 0. The van der Waals surface area contributed by atoms with Gasteiger partial charge in [-0.3, -0.25) is 9.59 Å². The fourth-order valence-electron chi connectivity index (χ4n) is 1.65. The molecule has 0 aliphatic carbocycles. The summed E-state index contributed by atoms with van der Waals surface area (Å²) in [6.45, 7) is 2.17. The first kappa shape index (κ1) is 14.4. The summed E-state index contributed by atoms with van der Waals surface area (Å²) in [5.74, 6) is -1.83. The van der Waals surface area contributed by atoms with Gasteiger partial charge in [0.2, 0.25) is 5.91 Å². The van der Waals surface area contributed by atoms with Crippen molar-refractivity contribution in [3.8, 4) is 0 Å². The number of nitrogens with one attached hydrogen (secondary N) is 1. The van der Waals surface area contributed by atoms with E-state index in [9.17, 15) is 14.4 Å². The third-order valence-corrected chi connectivity index (χ3v) is 2.52. The molecule has 1 aliphatic heterocycles. The standard InChI is InChI=1S/C11H17NO6/c1-2-17-9(13)5-6-12-10(14)7-3-4-8(18-7)11(15)16/h7-8H,2-6H2,1H3,(H,12,14)(H,15,16)/t7-,8+/m0/s1. The minimum atomic E-state index is -1.06. The summed E-state index contributed by atoms with van der Waals surface area (Å²) in [4.78, 5) is 33.2. The van der Waals surface area contributed by atoms with Crippen molar-refractivity contribution in [2.45, 2.75) is 38.4 Å². The molecule has 1 amide bonds. The number of rotatable bonds is 6. The monoisotopic (exact) mass is 259 g/mol. The van der Waals surface area contributed by atoms with E-state index in [2.05, 4.69) is 5.32 Å². The van der Waals surface area contributed by atoms with Gasteiger partial charge in [-0.2, -0.15) is 0 Å². The summed E-state index contributed by atoms with van der Waals surface area (Å²) < 4.78 is 9.76. The van der Waals surface area contributed by atoms with E-state index >= 15 is 0 Å². The molecule has 7 nitrogen and oxygen atoms in total. The molecule has 1 fully saturated rings. The van der Waals surface area contributed by atoms with Crippen molar-refractivity contribution in [2.75, 3.05) is 13.2 Å². The summed E-state index contributed by atoms with van der Waals surface area (Å²) in [5, 5.41) is 11.2.